The van der Waals surface area contributed by atoms with Gasteiger partial charge in [0.05, 0.1) is 17.3 Å². The second-order valence-electron chi connectivity index (χ2n) is 7.08. The number of aromatic nitrogens is 4. The molecule has 3 heterocycles. The monoisotopic (exact) mass is 409 g/mol. The van der Waals surface area contributed by atoms with Gasteiger partial charge in [-0.25, -0.2) is 0 Å². The summed E-state index contributed by atoms with van der Waals surface area (Å²) in [6.45, 7) is 5.37. The lowest BCUT2D eigenvalue weighted by Crippen LogP contribution is -2.37. The van der Waals surface area contributed by atoms with Crippen molar-refractivity contribution in [1.29, 1.82) is 0 Å². The van der Waals surface area contributed by atoms with Crippen LogP contribution in [0.3, 0.4) is 0 Å². The lowest BCUT2D eigenvalue weighted by Gasteiger charge is -2.13. The van der Waals surface area contributed by atoms with Gasteiger partial charge in [0.15, 0.2) is 5.76 Å². The molecule has 3 aromatic heterocycles. The largest absolute Gasteiger partial charge is 0.459 e. The van der Waals surface area contributed by atoms with Gasteiger partial charge in [-0.2, -0.15) is 4.98 Å². The summed E-state index contributed by atoms with van der Waals surface area (Å²) < 4.78 is 11.8. The van der Waals surface area contributed by atoms with Crippen LogP contribution in [0.2, 0.25) is 0 Å². The number of H-pyrrole nitrogens is 1. The van der Waals surface area contributed by atoms with Crippen LogP contribution in [-0.4, -0.2) is 25.6 Å². The van der Waals surface area contributed by atoms with Crippen LogP contribution in [-0.2, 0) is 0 Å². The number of benzene rings is 1. The van der Waals surface area contributed by atoms with E-state index < -0.39 is 23.1 Å². The normalized spacial score (nSPS) is 12.4. The third kappa shape index (κ3) is 3.43. The number of hydrogen-bond acceptors (Lipinski definition) is 7. The van der Waals surface area contributed by atoms with Gasteiger partial charge < -0.3 is 19.2 Å². The van der Waals surface area contributed by atoms with Crippen LogP contribution in [0.5, 0.6) is 0 Å². The van der Waals surface area contributed by atoms with Gasteiger partial charge in [0.1, 0.15) is 6.04 Å². The van der Waals surface area contributed by atoms with E-state index in [1.807, 2.05) is 13.8 Å². The maximum atomic E-state index is 12.2. The Labute approximate surface area is 169 Å². The molecule has 30 heavy (non-hydrogen) atoms. The molecule has 4 rings (SSSR count). The van der Waals surface area contributed by atoms with Crippen LogP contribution in [0.1, 0.15) is 49.3 Å². The molecule has 0 unspecified atom stereocenters. The number of amides is 1. The first kappa shape index (κ1) is 19.4. The SMILES string of the molecule is CC(C)n1c(=O)c(=O)[nH]c2cc(-c3noc([C@H](C)NC(=O)c4ccco4)n3)ccc21. The topological polar surface area (TPSA) is 136 Å². The number of aromatic amines is 1. The molecule has 0 radical (unpaired) electrons. The van der Waals surface area contributed by atoms with E-state index in [1.165, 1.54) is 10.8 Å². The zero-order chi connectivity index (χ0) is 21.4. The second-order valence-corrected chi connectivity index (χ2v) is 7.08. The number of carbonyl (C=O) groups is 1. The van der Waals surface area contributed by atoms with Crippen molar-refractivity contribution in [1.82, 2.24) is 25.0 Å². The Kier molecular flexibility index (Phi) is 4.82. The van der Waals surface area contributed by atoms with E-state index in [4.69, 9.17) is 8.94 Å². The minimum atomic E-state index is -0.698. The van der Waals surface area contributed by atoms with Crippen LogP contribution in [0.25, 0.3) is 22.4 Å². The molecule has 0 bridgehead atoms. The Bertz CT molecular complexity index is 1330. The summed E-state index contributed by atoms with van der Waals surface area (Å²) in [5.74, 6) is 0.276. The molecule has 0 saturated heterocycles. The summed E-state index contributed by atoms with van der Waals surface area (Å²) in [6.07, 6.45) is 1.41. The van der Waals surface area contributed by atoms with E-state index in [-0.39, 0.29) is 23.5 Å². The van der Waals surface area contributed by atoms with Crippen LogP contribution in [0.4, 0.5) is 0 Å². The lowest BCUT2D eigenvalue weighted by molar-refractivity contribution is 0.0904. The molecule has 0 fully saturated rings. The second kappa shape index (κ2) is 7.47. The fraction of sp³-hybridized carbons (Fsp3) is 0.250. The lowest BCUT2D eigenvalue weighted by atomic mass is 10.1. The van der Waals surface area contributed by atoms with Gasteiger partial charge in [-0.3, -0.25) is 19.0 Å². The highest BCUT2D eigenvalue weighted by Gasteiger charge is 2.20. The zero-order valence-electron chi connectivity index (χ0n) is 16.5. The van der Waals surface area contributed by atoms with Crippen molar-refractivity contribution >= 4 is 16.9 Å². The Morgan fingerprint density at radius 1 is 1.20 bits per heavy atom. The standard InChI is InChI=1S/C20H19N5O5/c1-10(2)25-14-7-6-12(9-13(14)22-18(27)20(25)28)16-23-19(30-24-16)11(3)21-17(26)15-5-4-8-29-15/h4-11H,1-3H3,(H,21,26)(H,22,27)/t11-/m0/s1. The zero-order valence-corrected chi connectivity index (χ0v) is 16.5. The minimum absolute atomic E-state index is 0.177. The molecule has 0 spiro atoms. The maximum Gasteiger partial charge on any atom is 0.316 e. The van der Waals surface area contributed by atoms with Gasteiger partial charge >= 0.3 is 11.1 Å². The Balaban J connectivity index is 1.64. The Morgan fingerprint density at radius 2 is 2.00 bits per heavy atom. The Hall–Kier alpha value is -3.95. The highest BCUT2D eigenvalue weighted by Crippen LogP contribution is 2.23. The number of rotatable bonds is 5. The average molecular weight is 409 g/mol. The quantitative estimate of drug-likeness (QED) is 0.483. The number of carbonyl (C=O) groups excluding carboxylic acids is 1. The summed E-state index contributed by atoms with van der Waals surface area (Å²) >= 11 is 0. The van der Waals surface area contributed by atoms with Crippen molar-refractivity contribution in [2.24, 2.45) is 0 Å². The first-order valence-corrected chi connectivity index (χ1v) is 9.32. The summed E-state index contributed by atoms with van der Waals surface area (Å²) in [7, 11) is 0. The van der Waals surface area contributed by atoms with E-state index in [0.29, 0.717) is 16.6 Å². The Morgan fingerprint density at radius 3 is 2.70 bits per heavy atom. The minimum Gasteiger partial charge on any atom is -0.459 e. The smallest absolute Gasteiger partial charge is 0.316 e. The molecule has 1 aromatic carbocycles. The predicted molar refractivity (Wildman–Crippen MR) is 107 cm³/mol. The fourth-order valence-corrected chi connectivity index (χ4v) is 3.16. The molecular weight excluding hydrogens is 390 g/mol. The third-order valence-electron chi connectivity index (χ3n) is 4.60. The molecule has 0 aliphatic heterocycles. The summed E-state index contributed by atoms with van der Waals surface area (Å²) in [5, 5.41) is 6.67. The third-order valence-corrected chi connectivity index (χ3v) is 4.60. The van der Waals surface area contributed by atoms with E-state index in [9.17, 15) is 14.4 Å². The molecule has 1 amide bonds. The maximum absolute atomic E-state index is 12.2. The van der Waals surface area contributed by atoms with Gasteiger partial charge in [0, 0.05) is 11.6 Å². The van der Waals surface area contributed by atoms with Crippen LogP contribution in [0.15, 0.2) is 55.1 Å². The molecule has 0 aliphatic carbocycles. The first-order valence-electron chi connectivity index (χ1n) is 9.32. The molecule has 0 aliphatic rings. The van der Waals surface area contributed by atoms with Crippen molar-refractivity contribution in [3.63, 3.8) is 0 Å². The highest BCUT2D eigenvalue weighted by molar-refractivity contribution is 5.91. The number of fused-ring (bicyclic) bond motifs is 1. The molecule has 154 valence electrons. The fourth-order valence-electron chi connectivity index (χ4n) is 3.16. The molecule has 4 aromatic rings. The highest BCUT2D eigenvalue weighted by atomic mass is 16.5. The molecule has 10 nitrogen and oxygen atoms in total. The number of hydrogen-bond donors (Lipinski definition) is 2. The van der Waals surface area contributed by atoms with Crippen molar-refractivity contribution in [2.45, 2.75) is 32.9 Å². The van der Waals surface area contributed by atoms with Crippen molar-refractivity contribution < 1.29 is 13.7 Å². The van der Waals surface area contributed by atoms with E-state index in [0.717, 1.165) is 0 Å². The van der Waals surface area contributed by atoms with Gasteiger partial charge in [-0.15, -0.1) is 0 Å². The van der Waals surface area contributed by atoms with Crippen LogP contribution in [0, 0.1) is 0 Å². The van der Waals surface area contributed by atoms with Crippen LogP contribution < -0.4 is 16.4 Å². The predicted octanol–water partition coefficient (Wildman–Crippen LogP) is 2.40. The van der Waals surface area contributed by atoms with Gasteiger partial charge in [-0.1, -0.05) is 5.16 Å². The summed E-state index contributed by atoms with van der Waals surface area (Å²) in [6, 6.07) is 7.58. The summed E-state index contributed by atoms with van der Waals surface area (Å²) in [4.78, 5) is 43.2. The average Bonchev–Trinajstić information content (AvgIpc) is 3.40. The van der Waals surface area contributed by atoms with Gasteiger partial charge in [0.25, 0.3) is 5.91 Å². The van der Waals surface area contributed by atoms with Crippen LogP contribution >= 0.6 is 0 Å². The molecule has 0 saturated carbocycles. The number of nitrogens with zero attached hydrogens (tertiary/aromatic N) is 3. The van der Waals surface area contributed by atoms with Crippen molar-refractivity contribution in [3.05, 3.63) is 69.0 Å². The summed E-state index contributed by atoms with van der Waals surface area (Å²) in [5.41, 5.74) is 0.369. The van der Waals surface area contributed by atoms with Gasteiger partial charge in [-0.05, 0) is 51.1 Å². The number of nitrogens with one attached hydrogen (secondary N) is 2. The van der Waals surface area contributed by atoms with Crippen molar-refractivity contribution in [3.8, 4) is 11.4 Å². The molecule has 2 N–H and O–H groups in total. The van der Waals surface area contributed by atoms with E-state index in [1.54, 1.807) is 37.3 Å². The van der Waals surface area contributed by atoms with E-state index in [2.05, 4.69) is 20.4 Å². The molecular formula is C20H19N5O5. The van der Waals surface area contributed by atoms with E-state index >= 15 is 0 Å². The first-order chi connectivity index (χ1) is 14.3. The number of furan rings is 1. The molecule has 1 atom stereocenters. The van der Waals surface area contributed by atoms with Gasteiger partial charge in [0.2, 0.25) is 11.7 Å². The molecule has 10 heteroatoms. The van der Waals surface area contributed by atoms with Crippen molar-refractivity contribution in [2.75, 3.05) is 0 Å².